The van der Waals surface area contributed by atoms with Crippen LogP contribution in [-0.2, 0) is 12.8 Å². The molecule has 1 aromatic heterocycles. The highest BCUT2D eigenvalue weighted by Crippen LogP contribution is 2.22. The van der Waals surface area contributed by atoms with Gasteiger partial charge in [0, 0.05) is 18.3 Å². The number of phenolic OH excluding ortho intramolecular Hbond substituents is 1. The molecule has 0 fully saturated rings. The first-order chi connectivity index (χ1) is 8.22. The zero-order valence-electron chi connectivity index (χ0n) is 9.50. The molecule has 17 heavy (non-hydrogen) atoms. The quantitative estimate of drug-likeness (QED) is 0.776. The average Bonchev–Trinajstić information content (AvgIpc) is 2.72. The number of aromatic nitrogens is 2. The number of phenols is 1. The number of fused-ring (bicyclic) bond motifs is 1. The lowest BCUT2D eigenvalue weighted by molar-refractivity contribution is 0.475. The number of aromatic hydroxyl groups is 1. The van der Waals surface area contributed by atoms with E-state index in [1.807, 2.05) is 23.0 Å². The summed E-state index contributed by atoms with van der Waals surface area (Å²) in [5.41, 5.74) is 9.19. The highest BCUT2D eigenvalue weighted by atomic mass is 16.3. The van der Waals surface area contributed by atoms with Gasteiger partial charge in [-0.2, -0.15) is 5.10 Å². The largest absolute Gasteiger partial charge is 0.508 e. The third-order valence-electron chi connectivity index (χ3n) is 3.21. The molecule has 4 heteroatoms. The number of aryl methyl sites for hydroxylation is 1. The summed E-state index contributed by atoms with van der Waals surface area (Å²) in [5.74, 6) is 0.257. The topological polar surface area (TPSA) is 64.1 Å². The molecule has 0 saturated carbocycles. The zero-order valence-corrected chi connectivity index (χ0v) is 9.50. The maximum Gasteiger partial charge on any atom is 0.117 e. The number of hydrogen-bond donors (Lipinski definition) is 2. The van der Waals surface area contributed by atoms with Gasteiger partial charge in [0.2, 0.25) is 0 Å². The number of nitrogens with zero attached hydrogens (tertiary/aromatic N) is 2. The standard InChI is InChI=1S/C13H15N3O/c14-10-4-5-13-9(6-10)8-16(15-13)11-2-1-3-12(17)7-11/h1-3,7-8,10,17H,4-6,14H2. The Balaban J connectivity index is 2.00. The van der Waals surface area contributed by atoms with Crippen molar-refractivity contribution in [3.05, 3.63) is 41.7 Å². The maximum absolute atomic E-state index is 9.46. The molecule has 0 amide bonds. The number of hydrogen-bond acceptors (Lipinski definition) is 3. The van der Waals surface area contributed by atoms with Gasteiger partial charge in [-0.1, -0.05) is 6.07 Å². The summed E-state index contributed by atoms with van der Waals surface area (Å²) in [4.78, 5) is 0. The first-order valence-corrected chi connectivity index (χ1v) is 5.85. The van der Waals surface area contributed by atoms with Crippen LogP contribution < -0.4 is 5.73 Å². The van der Waals surface area contributed by atoms with Crippen molar-refractivity contribution in [3.8, 4) is 11.4 Å². The summed E-state index contributed by atoms with van der Waals surface area (Å²) < 4.78 is 1.82. The fraction of sp³-hybridized carbons (Fsp3) is 0.308. The van der Waals surface area contributed by atoms with Gasteiger partial charge in [-0.3, -0.25) is 0 Å². The molecule has 1 aromatic carbocycles. The van der Waals surface area contributed by atoms with E-state index < -0.39 is 0 Å². The monoisotopic (exact) mass is 229 g/mol. The lowest BCUT2D eigenvalue weighted by atomic mass is 9.94. The van der Waals surface area contributed by atoms with Crippen molar-refractivity contribution in [1.82, 2.24) is 9.78 Å². The molecule has 3 rings (SSSR count). The minimum atomic E-state index is 0.254. The van der Waals surface area contributed by atoms with Gasteiger partial charge in [-0.15, -0.1) is 0 Å². The molecule has 0 saturated heterocycles. The minimum Gasteiger partial charge on any atom is -0.508 e. The van der Waals surface area contributed by atoms with Crippen molar-refractivity contribution in [2.24, 2.45) is 5.73 Å². The van der Waals surface area contributed by atoms with Crippen LogP contribution in [0.25, 0.3) is 5.69 Å². The Hall–Kier alpha value is -1.81. The second kappa shape index (κ2) is 3.89. The molecule has 4 nitrogen and oxygen atoms in total. The van der Waals surface area contributed by atoms with Gasteiger partial charge in [0.05, 0.1) is 11.4 Å². The molecule has 88 valence electrons. The highest BCUT2D eigenvalue weighted by molar-refractivity contribution is 5.39. The van der Waals surface area contributed by atoms with Gasteiger partial charge in [-0.05, 0) is 37.0 Å². The van der Waals surface area contributed by atoms with Crippen LogP contribution in [0, 0.1) is 0 Å². The molecule has 1 unspecified atom stereocenters. The fourth-order valence-corrected chi connectivity index (χ4v) is 2.30. The van der Waals surface area contributed by atoms with Crippen molar-refractivity contribution in [2.45, 2.75) is 25.3 Å². The predicted octanol–water partition coefficient (Wildman–Crippen LogP) is 1.39. The van der Waals surface area contributed by atoms with Gasteiger partial charge in [0.25, 0.3) is 0 Å². The Morgan fingerprint density at radius 3 is 3.12 bits per heavy atom. The van der Waals surface area contributed by atoms with E-state index in [4.69, 9.17) is 5.73 Å². The van der Waals surface area contributed by atoms with Crippen molar-refractivity contribution in [1.29, 1.82) is 0 Å². The van der Waals surface area contributed by atoms with Crippen molar-refractivity contribution < 1.29 is 5.11 Å². The highest BCUT2D eigenvalue weighted by Gasteiger charge is 2.19. The second-order valence-corrected chi connectivity index (χ2v) is 4.57. The van der Waals surface area contributed by atoms with E-state index in [0.717, 1.165) is 30.6 Å². The van der Waals surface area contributed by atoms with Crippen LogP contribution in [0.4, 0.5) is 0 Å². The van der Waals surface area contributed by atoms with Crippen LogP contribution in [0.2, 0.25) is 0 Å². The molecule has 0 aliphatic heterocycles. The Kier molecular flexibility index (Phi) is 2.37. The summed E-state index contributed by atoms with van der Waals surface area (Å²) in [7, 11) is 0. The molecule has 1 aliphatic rings. The molecule has 0 radical (unpaired) electrons. The third-order valence-corrected chi connectivity index (χ3v) is 3.21. The van der Waals surface area contributed by atoms with Gasteiger partial charge in [0.1, 0.15) is 5.75 Å². The summed E-state index contributed by atoms with van der Waals surface area (Å²) in [5, 5.41) is 14.0. The van der Waals surface area contributed by atoms with E-state index in [1.165, 1.54) is 5.56 Å². The molecule has 0 bridgehead atoms. The summed E-state index contributed by atoms with van der Waals surface area (Å²) in [6, 6.07) is 7.36. The van der Waals surface area contributed by atoms with Crippen molar-refractivity contribution >= 4 is 0 Å². The van der Waals surface area contributed by atoms with Crippen LogP contribution in [0.5, 0.6) is 5.75 Å². The van der Waals surface area contributed by atoms with Gasteiger partial charge in [0.15, 0.2) is 0 Å². The van der Waals surface area contributed by atoms with Crippen molar-refractivity contribution in [3.63, 3.8) is 0 Å². The van der Waals surface area contributed by atoms with Crippen molar-refractivity contribution in [2.75, 3.05) is 0 Å². The van der Waals surface area contributed by atoms with Gasteiger partial charge in [-0.25, -0.2) is 4.68 Å². The van der Waals surface area contributed by atoms with E-state index in [1.54, 1.807) is 12.1 Å². The molecule has 0 spiro atoms. The van der Waals surface area contributed by atoms with E-state index >= 15 is 0 Å². The predicted molar refractivity (Wildman–Crippen MR) is 65.2 cm³/mol. The minimum absolute atomic E-state index is 0.254. The molecular weight excluding hydrogens is 214 g/mol. The molecule has 3 N–H and O–H groups in total. The Labute approximate surface area is 99.7 Å². The van der Waals surface area contributed by atoms with E-state index in [-0.39, 0.29) is 11.8 Å². The first kappa shape index (κ1) is 10.4. The molecule has 1 heterocycles. The lowest BCUT2D eigenvalue weighted by Gasteiger charge is -2.15. The number of rotatable bonds is 1. The van der Waals surface area contributed by atoms with E-state index in [0.29, 0.717) is 0 Å². The van der Waals surface area contributed by atoms with Crippen LogP contribution >= 0.6 is 0 Å². The van der Waals surface area contributed by atoms with Gasteiger partial charge < -0.3 is 10.8 Å². The second-order valence-electron chi connectivity index (χ2n) is 4.57. The maximum atomic E-state index is 9.46. The summed E-state index contributed by atoms with van der Waals surface area (Å²) >= 11 is 0. The van der Waals surface area contributed by atoms with E-state index in [9.17, 15) is 5.11 Å². The smallest absolute Gasteiger partial charge is 0.117 e. The normalized spacial score (nSPS) is 19.0. The Morgan fingerprint density at radius 1 is 1.41 bits per heavy atom. The zero-order chi connectivity index (χ0) is 11.8. The Bertz CT molecular complexity index is 547. The number of nitrogens with two attached hydrogens (primary N) is 1. The van der Waals surface area contributed by atoms with Crippen LogP contribution in [0.3, 0.4) is 0 Å². The Morgan fingerprint density at radius 2 is 2.29 bits per heavy atom. The summed E-state index contributed by atoms with van der Waals surface area (Å²) in [6.45, 7) is 0. The first-order valence-electron chi connectivity index (χ1n) is 5.85. The third kappa shape index (κ3) is 1.91. The van der Waals surface area contributed by atoms with E-state index in [2.05, 4.69) is 5.10 Å². The molecule has 2 aromatic rings. The summed E-state index contributed by atoms with van der Waals surface area (Å²) in [6.07, 6.45) is 4.86. The van der Waals surface area contributed by atoms with Crippen LogP contribution in [-0.4, -0.2) is 20.9 Å². The molecular formula is C13H15N3O. The molecule has 1 aliphatic carbocycles. The fourth-order valence-electron chi connectivity index (χ4n) is 2.30. The number of benzene rings is 1. The average molecular weight is 229 g/mol. The van der Waals surface area contributed by atoms with Crippen LogP contribution in [0.1, 0.15) is 17.7 Å². The molecule has 1 atom stereocenters. The SMILES string of the molecule is NC1CCc2nn(-c3cccc(O)c3)cc2C1. The lowest BCUT2D eigenvalue weighted by Crippen LogP contribution is -2.27. The van der Waals surface area contributed by atoms with Crippen LogP contribution in [0.15, 0.2) is 30.5 Å². The van der Waals surface area contributed by atoms with Gasteiger partial charge >= 0.3 is 0 Å².